The van der Waals surface area contributed by atoms with E-state index in [1.807, 2.05) is 13.8 Å². The van der Waals surface area contributed by atoms with Gasteiger partial charge < -0.3 is 0 Å². The molecule has 0 aliphatic heterocycles. The quantitative estimate of drug-likeness (QED) is 0.565. The summed E-state index contributed by atoms with van der Waals surface area (Å²) in [7, 11) is 1.58. The van der Waals surface area contributed by atoms with Crippen LogP contribution in [0.4, 0.5) is 0 Å². The molecular formula is C12H20S2. The molecule has 0 aliphatic carbocycles. The summed E-state index contributed by atoms with van der Waals surface area (Å²) in [6, 6.07) is 4.46. The maximum atomic E-state index is 4.17. The number of hydrogen-bond acceptors (Lipinski definition) is 2. The fourth-order valence-electron chi connectivity index (χ4n) is 1.50. The van der Waals surface area contributed by atoms with Crippen LogP contribution in [0.5, 0.6) is 0 Å². The highest BCUT2D eigenvalue weighted by Gasteiger charge is 2.02. The SMILES string of the molecule is CC.Cc1cc(C)c(CSS)c(C)c1. The molecule has 2 heteroatoms. The lowest BCUT2D eigenvalue weighted by Crippen LogP contribution is -1.91. The fourth-order valence-corrected chi connectivity index (χ4v) is 2.47. The zero-order valence-corrected chi connectivity index (χ0v) is 11.4. The first-order valence-corrected chi connectivity index (χ1v) is 7.02. The lowest BCUT2D eigenvalue weighted by atomic mass is 10.0. The van der Waals surface area contributed by atoms with Crippen molar-refractivity contribution >= 4 is 22.5 Å². The summed E-state index contributed by atoms with van der Waals surface area (Å²) in [6.07, 6.45) is 0. The number of hydrogen-bond donors (Lipinski definition) is 1. The van der Waals surface area contributed by atoms with Gasteiger partial charge in [-0.1, -0.05) is 42.3 Å². The van der Waals surface area contributed by atoms with E-state index in [2.05, 4.69) is 44.6 Å². The molecule has 0 fully saturated rings. The fraction of sp³-hybridized carbons (Fsp3) is 0.500. The van der Waals surface area contributed by atoms with E-state index < -0.39 is 0 Å². The highest BCUT2D eigenvalue weighted by molar-refractivity contribution is 8.68. The molecule has 0 bridgehead atoms. The maximum absolute atomic E-state index is 4.17. The van der Waals surface area contributed by atoms with Crippen molar-refractivity contribution in [1.82, 2.24) is 0 Å². The van der Waals surface area contributed by atoms with Gasteiger partial charge in [-0.3, -0.25) is 0 Å². The predicted molar refractivity (Wildman–Crippen MR) is 72.3 cm³/mol. The van der Waals surface area contributed by atoms with E-state index in [9.17, 15) is 0 Å². The van der Waals surface area contributed by atoms with E-state index in [-0.39, 0.29) is 0 Å². The van der Waals surface area contributed by atoms with Crippen molar-refractivity contribution in [2.45, 2.75) is 40.4 Å². The van der Waals surface area contributed by atoms with Crippen LogP contribution in [0.3, 0.4) is 0 Å². The summed E-state index contributed by atoms with van der Waals surface area (Å²) in [5.41, 5.74) is 5.54. The molecule has 1 aromatic rings. The van der Waals surface area contributed by atoms with Crippen molar-refractivity contribution < 1.29 is 0 Å². The van der Waals surface area contributed by atoms with Gasteiger partial charge in [0, 0.05) is 5.75 Å². The van der Waals surface area contributed by atoms with Gasteiger partial charge in [0.1, 0.15) is 0 Å². The normalized spacial score (nSPS) is 9.29. The summed E-state index contributed by atoms with van der Waals surface area (Å²) in [5.74, 6) is 1.00. The van der Waals surface area contributed by atoms with Gasteiger partial charge in [-0.2, -0.15) is 0 Å². The third kappa shape index (κ3) is 3.97. The Labute approximate surface area is 97.3 Å². The van der Waals surface area contributed by atoms with Crippen LogP contribution < -0.4 is 0 Å². The molecule has 0 aliphatic rings. The topological polar surface area (TPSA) is 0 Å². The number of benzene rings is 1. The first-order chi connectivity index (χ1) is 6.65. The molecule has 1 rings (SSSR count). The Bertz CT molecular complexity index is 257. The van der Waals surface area contributed by atoms with E-state index in [1.165, 1.54) is 22.3 Å². The molecule has 1 aromatic carbocycles. The summed E-state index contributed by atoms with van der Waals surface area (Å²) >= 11 is 4.17. The summed E-state index contributed by atoms with van der Waals surface area (Å²) < 4.78 is 0. The summed E-state index contributed by atoms with van der Waals surface area (Å²) in [5, 5.41) is 0. The van der Waals surface area contributed by atoms with Crippen molar-refractivity contribution in [1.29, 1.82) is 0 Å². The van der Waals surface area contributed by atoms with Crippen LogP contribution in [0.25, 0.3) is 0 Å². The predicted octanol–water partition coefficient (Wildman–Crippen LogP) is 4.72. The van der Waals surface area contributed by atoms with Crippen LogP contribution in [0.1, 0.15) is 36.1 Å². The Hall–Kier alpha value is -0.0800. The first kappa shape index (κ1) is 13.9. The van der Waals surface area contributed by atoms with Gasteiger partial charge in [0.2, 0.25) is 0 Å². The van der Waals surface area contributed by atoms with Crippen molar-refractivity contribution in [3.63, 3.8) is 0 Å². The highest BCUT2D eigenvalue weighted by atomic mass is 33.1. The van der Waals surface area contributed by atoms with Crippen LogP contribution in [-0.2, 0) is 5.75 Å². The Morgan fingerprint density at radius 1 is 1.07 bits per heavy atom. The molecule has 0 heterocycles. The second kappa shape index (κ2) is 7.24. The van der Waals surface area contributed by atoms with Gasteiger partial charge in [-0.05, 0) is 37.5 Å². The second-order valence-corrected chi connectivity index (χ2v) is 4.47. The van der Waals surface area contributed by atoms with Crippen LogP contribution in [0.2, 0.25) is 0 Å². The lowest BCUT2D eigenvalue weighted by molar-refractivity contribution is 1.22. The van der Waals surface area contributed by atoms with E-state index >= 15 is 0 Å². The monoisotopic (exact) mass is 228 g/mol. The summed E-state index contributed by atoms with van der Waals surface area (Å²) in [4.78, 5) is 0. The van der Waals surface area contributed by atoms with E-state index in [4.69, 9.17) is 0 Å². The molecule has 80 valence electrons. The van der Waals surface area contributed by atoms with Gasteiger partial charge >= 0.3 is 0 Å². The minimum Gasteiger partial charge on any atom is -0.111 e. The molecular weight excluding hydrogens is 208 g/mol. The Kier molecular flexibility index (Phi) is 7.20. The zero-order valence-electron chi connectivity index (χ0n) is 9.72. The molecule has 0 unspecified atom stereocenters. The number of thiol groups is 1. The van der Waals surface area contributed by atoms with Gasteiger partial charge in [0.25, 0.3) is 0 Å². The second-order valence-electron chi connectivity index (χ2n) is 3.15. The lowest BCUT2D eigenvalue weighted by Gasteiger charge is -2.08. The number of aryl methyl sites for hydroxylation is 3. The van der Waals surface area contributed by atoms with Crippen molar-refractivity contribution in [3.8, 4) is 0 Å². The highest BCUT2D eigenvalue weighted by Crippen LogP contribution is 2.22. The van der Waals surface area contributed by atoms with E-state index in [0.29, 0.717) is 0 Å². The average molecular weight is 228 g/mol. The minimum atomic E-state index is 1.00. The van der Waals surface area contributed by atoms with Crippen LogP contribution >= 0.6 is 22.5 Å². The van der Waals surface area contributed by atoms with E-state index in [0.717, 1.165) is 5.75 Å². The molecule has 0 saturated heterocycles. The van der Waals surface area contributed by atoms with Gasteiger partial charge in [0.05, 0.1) is 0 Å². The molecule has 0 radical (unpaired) electrons. The summed E-state index contributed by atoms with van der Waals surface area (Å²) in [6.45, 7) is 10.5. The zero-order chi connectivity index (χ0) is 11.1. The molecule has 0 atom stereocenters. The Morgan fingerprint density at radius 2 is 1.50 bits per heavy atom. The van der Waals surface area contributed by atoms with Crippen molar-refractivity contribution in [2.24, 2.45) is 0 Å². The average Bonchev–Trinajstić information content (AvgIpc) is 2.14. The molecule has 0 amide bonds. The maximum Gasteiger partial charge on any atom is 0.0291 e. The molecule has 0 spiro atoms. The van der Waals surface area contributed by atoms with Gasteiger partial charge in [-0.25, -0.2) is 0 Å². The Balaban J connectivity index is 0.000000791. The minimum absolute atomic E-state index is 1.00. The standard InChI is InChI=1S/C10H14S2.C2H6/c1-7-4-8(2)10(6-12-11)9(3)5-7;1-2/h4-5,11H,6H2,1-3H3;1-2H3. The molecule has 0 N–H and O–H groups in total. The van der Waals surface area contributed by atoms with Gasteiger partial charge in [-0.15, -0.1) is 11.7 Å². The molecule has 0 nitrogen and oxygen atoms in total. The third-order valence-electron chi connectivity index (χ3n) is 2.05. The molecule has 0 saturated carbocycles. The van der Waals surface area contributed by atoms with E-state index in [1.54, 1.807) is 10.8 Å². The smallest absolute Gasteiger partial charge is 0.0291 e. The first-order valence-electron chi connectivity index (χ1n) is 4.98. The van der Waals surface area contributed by atoms with Crippen LogP contribution in [-0.4, -0.2) is 0 Å². The van der Waals surface area contributed by atoms with Gasteiger partial charge in [0.15, 0.2) is 0 Å². The van der Waals surface area contributed by atoms with Crippen LogP contribution in [0.15, 0.2) is 12.1 Å². The molecule has 0 aromatic heterocycles. The largest absolute Gasteiger partial charge is 0.111 e. The Morgan fingerprint density at radius 3 is 1.86 bits per heavy atom. The molecule has 14 heavy (non-hydrogen) atoms. The van der Waals surface area contributed by atoms with Crippen molar-refractivity contribution in [3.05, 3.63) is 34.4 Å². The van der Waals surface area contributed by atoms with Crippen molar-refractivity contribution in [2.75, 3.05) is 0 Å². The third-order valence-corrected chi connectivity index (χ3v) is 2.85. The van der Waals surface area contributed by atoms with Crippen LogP contribution in [0, 0.1) is 20.8 Å². The number of rotatable bonds is 2.